The number of aliphatic hydroxyl groups is 4. The smallest absolute Gasteiger partial charge is 0.0639 e. The maximum absolute atomic E-state index is 9.98. The minimum absolute atomic E-state index is 0.0336. The van der Waals surface area contributed by atoms with E-state index in [1.807, 2.05) is 0 Å². The molecule has 0 heterocycles. The van der Waals surface area contributed by atoms with Crippen molar-refractivity contribution in [2.75, 3.05) is 32.7 Å². The van der Waals surface area contributed by atoms with Gasteiger partial charge in [0.1, 0.15) is 0 Å². The van der Waals surface area contributed by atoms with Gasteiger partial charge < -0.3 is 20.4 Å². The summed E-state index contributed by atoms with van der Waals surface area (Å²) in [4.78, 5) is 4.43. The molecule has 0 amide bonds. The van der Waals surface area contributed by atoms with Gasteiger partial charge in [-0.05, 0) is 57.8 Å². The van der Waals surface area contributed by atoms with Crippen LogP contribution in [0.1, 0.15) is 67.7 Å². The van der Waals surface area contributed by atoms with Crippen LogP contribution in [0.15, 0.2) is 0 Å². The fourth-order valence-corrected chi connectivity index (χ4v) is 5.50. The third kappa shape index (κ3) is 9.51. The molecule has 168 valence electrons. The number of nitrogens with zero attached hydrogens (tertiary/aromatic N) is 2. The molecular weight excluding hydrogens is 356 g/mol. The molecule has 0 aromatic heterocycles. The Morgan fingerprint density at radius 1 is 0.750 bits per heavy atom. The zero-order chi connectivity index (χ0) is 21.7. The van der Waals surface area contributed by atoms with E-state index in [1.165, 1.54) is 0 Å². The number of rotatable bonds is 11. The molecule has 0 aromatic rings. The Morgan fingerprint density at radius 2 is 1.18 bits per heavy atom. The first-order chi connectivity index (χ1) is 12.7. The fraction of sp³-hybridized carbons (Fsp3) is 1.00. The van der Waals surface area contributed by atoms with Crippen molar-refractivity contribution in [3.8, 4) is 0 Å². The van der Waals surface area contributed by atoms with Gasteiger partial charge in [-0.1, -0.05) is 20.8 Å². The SMILES string of the molecule is CC(O)CN(CC(C)O)CC1(C)CC(N(CC(C)O)CC(C)O)CC(C)(C)C1. The van der Waals surface area contributed by atoms with E-state index in [1.54, 1.807) is 27.7 Å². The van der Waals surface area contributed by atoms with Crippen LogP contribution in [0, 0.1) is 10.8 Å². The number of hydrogen-bond donors (Lipinski definition) is 4. The predicted octanol–water partition coefficient (Wildman–Crippen LogP) is 1.70. The third-order valence-corrected chi connectivity index (χ3v) is 5.59. The quantitative estimate of drug-likeness (QED) is 0.421. The van der Waals surface area contributed by atoms with E-state index in [0.717, 1.165) is 25.8 Å². The summed E-state index contributed by atoms with van der Waals surface area (Å²) < 4.78 is 0. The average Bonchev–Trinajstić information content (AvgIpc) is 2.40. The average molecular weight is 403 g/mol. The highest BCUT2D eigenvalue weighted by Crippen LogP contribution is 2.48. The molecule has 0 radical (unpaired) electrons. The largest absolute Gasteiger partial charge is 0.392 e. The summed E-state index contributed by atoms with van der Waals surface area (Å²) >= 11 is 0. The van der Waals surface area contributed by atoms with Gasteiger partial charge in [-0.2, -0.15) is 0 Å². The molecule has 1 rings (SSSR count). The second-order valence-electron chi connectivity index (χ2n) is 10.8. The minimum atomic E-state index is -0.434. The molecule has 1 fully saturated rings. The minimum Gasteiger partial charge on any atom is -0.392 e. The third-order valence-electron chi connectivity index (χ3n) is 5.59. The molecule has 1 aliphatic carbocycles. The Hall–Kier alpha value is -0.240. The summed E-state index contributed by atoms with van der Waals surface area (Å²) in [7, 11) is 0. The Labute approximate surface area is 172 Å². The standard InChI is InChI=1S/C22H46N2O4/c1-16(25)10-23(11-17(2)26)15-22(7)9-20(8-21(5,6)14-22)24(12-18(3)27)13-19(4)28/h16-20,25-28H,8-15H2,1-7H3. The van der Waals surface area contributed by atoms with Crippen LogP contribution in [0.3, 0.4) is 0 Å². The van der Waals surface area contributed by atoms with Crippen LogP contribution >= 0.6 is 0 Å². The summed E-state index contributed by atoms with van der Waals surface area (Å²) in [6.07, 6.45) is 1.35. The maximum Gasteiger partial charge on any atom is 0.0639 e. The summed E-state index contributed by atoms with van der Waals surface area (Å²) in [5, 5.41) is 39.8. The zero-order valence-electron chi connectivity index (χ0n) is 19.2. The first-order valence-corrected chi connectivity index (χ1v) is 10.9. The van der Waals surface area contributed by atoms with E-state index in [0.29, 0.717) is 26.2 Å². The first kappa shape index (κ1) is 25.8. The molecule has 6 nitrogen and oxygen atoms in total. The van der Waals surface area contributed by atoms with Crippen LogP contribution in [0.4, 0.5) is 0 Å². The zero-order valence-corrected chi connectivity index (χ0v) is 19.2. The Bertz CT molecular complexity index is 434. The Kier molecular flexibility index (Phi) is 9.85. The molecule has 0 aliphatic heterocycles. The van der Waals surface area contributed by atoms with Crippen molar-refractivity contribution in [2.24, 2.45) is 10.8 Å². The summed E-state index contributed by atoms with van der Waals surface area (Å²) in [6, 6.07) is 0.290. The van der Waals surface area contributed by atoms with E-state index >= 15 is 0 Å². The molecule has 0 aromatic carbocycles. The van der Waals surface area contributed by atoms with Crippen LogP contribution in [0.2, 0.25) is 0 Å². The second-order valence-corrected chi connectivity index (χ2v) is 10.8. The number of hydrogen-bond acceptors (Lipinski definition) is 6. The van der Waals surface area contributed by atoms with Gasteiger partial charge in [0.15, 0.2) is 0 Å². The van der Waals surface area contributed by atoms with Crippen molar-refractivity contribution in [3.63, 3.8) is 0 Å². The van der Waals surface area contributed by atoms with E-state index < -0.39 is 24.4 Å². The molecule has 4 N–H and O–H groups in total. The lowest BCUT2D eigenvalue weighted by molar-refractivity contribution is -0.0355. The van der Waals surface area contributed by atoms with Crippen LogP contribution in [-0.4, -0.2) is 93.4 Å². The Balaban J connectivity index is 3.02. The van der Waals surface area contributed by atoms with Crippen LogP contribution in [-0.2, 0) is 0 Å². The normalized spacial score (nSPS) is 29.7. The first-order valence-electron chi connectivity index (χ1n) is 10.9. The van der Waals surface area contributed by atoms with Crippen molar-refractivity contribution < 1.29 is 20.4 Å². The summed E-state index contributed by atoms with van der Waals surface area (Å²) in [5.74, 6) is 0. The van der Waals surface area contributed by atoms with Gasteiger partial charge >= 0.3 is 0 Å². The molecule has 0 spiro atoms. The van der Waals surface area contributed by atoms with Crippen molar-refractivity contribution in [1.29, 1.82) is 0 Å². The van der Waals surface area contributed by atoms with Crippen molar-refractivity contribution in [1.82, 2.24) is 9.80 Å². The van der Waals surface area contributed by atoms with Gasteiger partial charge in [-0.25, -0.2) is 0 Å². The highest BCUT2D eigenvalue weighted by Gasteiger charge is 2.44. The molecular formula is C22H46N2O4. The summed E-state index contributed by atoms with van der Waals surface area (Å²) in [5.41, 5.74) is 0.181. The molecule has 6 unspecified atom stereocenters. The molecule has 0 bridgehead atoms. The van der Waals surface area contributed by atoms with E-state index in [-0.39, 0.29) is 16.9 Å². The van der Waals surface area contributed by atoms with Gasteiger partial charge in [0.25, 0.3) is 0 Å². The van der Waals surface area contributed by atoms with E-state index in [9.17, 15) is 20.4 Å². The second kappa shape index (κ2) is 10.7. The lowest BCUT2D eigenvalue weighted by Crippen LogP contribution is -2.53. The monoisotopic (exact) mass is 402 g/mol. The lowest BCUT2D eigenvalue weighted by Gasteiger charge is -2.51. The molecule has 1 aliphatic rings. The van der Waals surface area contributed by atoms with Gasteiger partial charge in [-0.3, -0.25) is 9.80 Å². The van der Waals surface area contributed by atoms with Crippen molar-refractivity contribution >= 4 is 0 Å². The number of aliphatic hydroxyl groups excluding tert-OH is 4. The molecule has 6 atom stereocenters. The van der Waals surface area contributed by atoms with Gasteiger partial charge in [0.2, 0.25) is 0 Å². The van der Waals surface area contributed by atoms with E-state index in [2.05, 4.69) is 30.6 Å². The van der Waals surface area contributed by atoms with Crippen LogP contribution < -0.4 is 0 Å². The van der Waals surface area contributed by atoms with Crippen molar-refractivity contribution in [2.45, 2.75) is 98.2 Å². The predicted molar refractivity (Wildman–Crippen MR) is 114 cm³/mol. The lowest BCUT2D eigenvalue weighted by atomic mass is 9.62. The van der Waals surface area contributed by atoms with E-state index in [4.69, 9.17) is 0 Å². The molecule has 1 saturated carbocycles. The Morgan fingerprint density at radius 3 is 1.57 bits per heavy atom. The van der Waals surface area contributed by atoms with Gasteiger partial charge in [-0.15, -0.1) is 0 Å². The molecule has 0 saturated heterocycles. The fourth-order valence-electron chi connectivity index (χ4n) is 5.50. The molecule has 28 heavy (non-hydrogen) atoms. The van der Waals surface area contributed by atoms with Crippen molar-refractivity contribution in [3.05, 3.63) is 0 Å². The summed E-state index contributed by atoms with van der Waals surface area (Å²) in [6.45, 7) is 17.1. The highest BCUT2D eigenvalue weighted by molar-refractivity contribution is 4.97. The van der Waals surface area contributed by atoms with Gasteiger partial charge in [0.05, 0.1) is 24.4 Å². The highest BCUT2D eigenvalue weighted by atomic mass is 16.3. The molecule has 6 heteroatoms. The topological polar surface area (TPSA) is 87.4 Å². The maximum atomic E-state index is 9.98. The van der Waals surface area contributed by atoms with Gasteiger partial charge in [0, 0.05) is 38.8 Å². The van der Waals surface area contributed by atoms with Crippen LogP contribution in [0.5, 0.6) is 0 Å². The van der Waals surface area contributed by atoms with Crippen LogP contribution in [0.25, 0.3) is 0 Å².